The Kier molecular flexibility index (Phi) is 5.34. The van der Waals surface area contributed by atoms with Crippen molar-refractivity contribution in [2.45, 2.75) is 11.4 Å². The summed E-state index contributed by atoms with van der Waals surface area (Å²) in [6, 6.07) is 13.2. The molecule has 0 spiro atoms. The predicted molar refractivity (Wildman–Crippen MR) is 96.9 cm³/mol. The summed E-state index contributed by atoms with van der Waals surface area (Å²) in [6.45, 7) is 0.946. The van der Waals surface area contributed by atoms with Crippen molar-refractivity contribution in [3.63, 3.8) is 0 Å². The number of aromatic nitrogens is 3. The van der Waals surface area contributed by atoms with Gasteiger partial charge < -0.3 is 4.74 Å². The summed E-state index contributed by atoms with van der Waals surface area (Å²) in [5.41, 5.74) is 0.432. The smallest absolute Gasteiger partial charge is 0.261 e. The van der Waals surface area contributed by atoms with Gasteiger partial charge in [0.15, 0.2) is 0 Å². The second kappa shape index (κ2) is 7.66. The molecule has 3 rings (SSSR count). The summed E-state index contributed by atoms with van der Waals surface area (Å²) >= 11 is 3.28. The van der Waals surface area contributed by atoms with E-state index in [0.717, 1.165) is 4.47 Å². The minimum absolute atomic E-state index is 0.188. The van der Waals surface area contributed by atoms with Crippen molar-refractivity contribution in [1.29, 1.82) is 0 Å². The van der Waals surface area contributed by atoms with Crippen molar-refractivity contribution in [2.24, 2.45) is 0 Å². The van der Waals surface area contributed by atoms with E-state index < -0.39 is 10.0 Å². The molecule has 2 aromatic carbocycles. The molecular weight excluding hydrogens is 408 g/mol. The Balaban J connectivity index is 1.65. The first-order valence-electron chi connectivity index (χ1n) is 7.37. The Labute approximate surface area is 153 Å². The SMILES string of the molecule is O=S(=O)(Nc1cccc(OCCn2cncn2)c1)c1ccc(Br)cc1. The van der Waals surface area contributed by atoms with Crippen LogP contribution in [0.4, 0.5) is 5.69 Å². The zero-order valence-corrected chi connectivity index (χ0v) is 15.4. The summed E-state index contributed by atoms with van der Waals surface area (Å²) in [7, 11) is -3.65. The molecule has 0 amide bonds. The third-order valence-corrected chi connectivity index (χ3v) is 5.19. The third-order valence-electron chi connectivity index (χ3n) is 3.27. The van der Waals surface area contributed by atoms with E-state index in [1.165, 1.54) is 18.5 Å². The Hall–Kier alpha value is -2.39. The maximum Gasteiger partial charge on any atom is 0.261 e. The van der Waals surface area contributed by atoms with Crippen molar-refractivity contribution in [3.05, 3.63) is 65.7 Å². The summed E-state index contributed by atoms with van der Waals surface area (Å²) in [4.78, 5) is 4.04. The average Bonchev–Trinajstić information content (AvgIpc) is 3.09. The molecule has 3 aromatic rings. The second-order valence-corrected chi connectivity index (χ2v) is 7.69. The van der Waals surface area contributed by atoms with E-state index in [2.05, 4.69) is 30.7 Å². The Morgan fingerprint density at radius 1 is 1.16 bits per heavy atom. The molecule has 0 saturated heterocycles. The van der Waals surface area contributed by atoms with Crippen LogP contribution >= 0.6 is 15.9 Å². The molecular formula is C16H15BrN4O3S. The van der Waals surface area contributed by atoms with Crippen molar-refractivity contribution in [3.8, 4) is 5.75 Å². The number of nitrogens with one attached hydrogen (secondary N) is 1. The van der Waals surface area contributed by atoms with Crippen LogP contribution in [0.5, 0.6) is 5.75 Å². The molecule has 9 heteroatoms. The zero-order valence-electron chi connectivity index (χ0n) is 13.0. The number of nitrogens with zero attached hydrogens (tertiary/aromatic N) is 3. The van der Waals surface area contributed by atoms with E-state index in [9.17, 15) is 8.42 Å². The van der Waals surface area contributed by atoms with Gasteiger partial charge in [-0.15, -0.1) is 0 Å². The lowest BCUT2D eigenvalue weighted by Crippen LogP contribution is -2.13. The van der Waals surface area contributed by atoms with Crippen LogP contribution in [0.1, 0.15) is 0 Å². The van der Waals surface area contributed by atoms with Crippen molar-refractivity contribution in [1.82, 2.24) is 14.8 Å². The zero-order chi connectivity index (χ0) is 17.7. The van der Waals surface area contributed by atoms with E-state index in [1.54, 1.807) is 47.4 Å². The van der Waals surface area contributed by atoms with Crippen LogP contribution in [-0.4, -0.2) is 29.8 Å². The maximum absolute atomic E-state index is 12.4. The Morgan fingerprint density at radius 3 is 2.68 bits per heavy atom. The number of sulfonamides is 1. The molecule has 0 atom stereocenters. The van der Waals surface area contributed by atoms with Gasteiger partial charge in [0.25, 0.3) is 10.0 Å². The summed E-state index contributed by atoms with van der Waals surface area (Å²) in [6.07, 6.45) is 3.06. The highest BCUT2D eigenvalue weighted by molar-refractivity contribution is 9.10. The number of rotatable bonds is 7. The first kappa shape index (κ1) is 17.4. The first-order valence-corrected chi connectivity index (χ1v) is 9.64. The van der Waals surface area contributed by atoms with E-state index in [1.807, 2.05) is 0 Å². The van der Waals surface area contributed by atoms with Gasteiger partial charge in [-0.05, 0) is 36.4 Å². The third kappa shape index (κ3) is 4.80. The molecule has 0 fully saturated rings. The van der Waals surface area contributed by atoms with Crippen LogP contribution in [0.3, 0.4) is 0 Å². The van der Waals surface area contributed by atoms with Gasteiger partial charge in [0.2, 0.25) is 0 Å². The van der Waals surface area contributed by atoms with Gasteiger partial charge in [0.1, 0.15) is 25.0 Å². The monoisotopic (exact) mass is 422 g/mol. The lowest BCUT2D eigenvalue weighted by atomic mass is 10.3. The number of benzene rings is 2. The molecule has 1 heterocycles. The molecule has 0 aliphatic rings. The Bertz CT molecular complexity index is 928. The molecule has 130 valence electrons. The van der Waals surface area contributed by atoms with E-state index >= 15 is 0 Å². The van der Waals surface area contributed by atoms with Gasteiger partial charge in [0, 0.05) is 10.5 Å². The fraction of sp³-hybridized carbons (Fsp3) is 0.125. The van der Waals surface area contributed by atoms with Crippen LogP contribution in [0.2, 0.25) is 0 Å². The largest absolute Gasteiger partial charge is 0.492 e. The topological polar surface area (TPSA) is 86.1 Å². The molecule has 1 aromatic heterocycles. The number of halogens is 1. The second-order valence-electron chi connectivity index (χ2n) is 5.09. The van der Waals surface area contributed by atoms with Gasteiger partial charge in [-0.25, -0.2) is 18.1 Å². The molecule has 0 unspecified atom stereocenters. The van der Waals surface area contributed by atoms with Crippen molar-refractivity contribution >= 4 is 31.6 Å². The van der Waals surface area contributed by atoms with Crippen molar-refractivity contribution in [2.75, 3.05) is 11.3 Å². The molecule has 7 nitrogen and oxygen atoms in total. The maximum atomic E-state index is 12.4. The highest BCUT2D eigenvalue weighted by atomic mass is 79.9. The van der Waals surface area contributed by atoms with E-state index in [4.69, 9.17) is 4.74 Å². The van der Waals surface area contributed by atoms with Gasteiger partial charge in [0.05, 0.1) is 17.1 Å². The predicted octanol–water partition coefficient (Wildman–Crippen LogP) is 2.92. The lowest BCUT2D eigenvalue weighted by molar-refractivity contribution is 0.291. The minimum atomic E-state index is -3.65. The number of anilines is 1. The molecule has 1 N–H and O–H groups in total. The Morgan fingerprint density at radius 2 is 1.96 bits per heavy atom. The quantitative estimate of drug-likeness (QED) is 0.632. The standard InChI is InChI=1S/C16H15BrN4O3S/c17-13-4-6-16(7-5-13)25(22,23)20-14-2-1-3-15(10-14)24-9-8-21-12-18-11-19-21/h1-7,10-12,20H,8-9H2. The fourth-order valence-corrected chi connectivity index (χ4v) is 3.40. The van der Waals surface area contributed by atoms with Crippen LogP contribution in [0, 0.1) is 0 Å². The van der Waals surface area contributed by atoms with Crippen LogP contribution in [0.15, 0.2) is 70.6 Å². The van der Waals surface area contributed by atoms with Crippen LogP contribution < -0.4 is 9.46 Å². The molecule has 0 bridgehead atoms. The number of ether oxygens (including phenoxy) is 1. The van der Waals surface area contributed by atoms with Gasteiger partial charge in [-0.3, -0.25) is 4.72 Å². The molecule has 0 aliphatic carbocycles. The molecule has 0 saturated carbocycles. The number of hydrogen-bond acceptors (Lipinski definition) is 5. The number of hydrogen-bond donors (Lipinski definition) is 1. The van der Waals surface area contributed by atoms with Gasteiger partial charge in [-0.2, -0.15) is 5.10 Å². The minimum Gasteiger partial charge on any atom is -0.492 e. The normalized spacial score (nSPS) is 11.2. The van der Waals surface area contributed by atoms with Gasteiger partial charge in [-0.1, -0.05) is 22.0 Å². The molecule has 0 aliphatic heterocycles. The summed E-state index contributed by atoms with van der Waals surface area (Å²) in [5.74, 6) is 0.566. The first-order chi connectivity index (χ1) is 12.0. The van der Waals surface area contributed by atoms with Gasteiger partial charge >= 0.3 is 0 Å². The van der Waals surface area contributed by atoms with E-state index in [-0.39, 0.29) is 4.90 Å². The molecule has 0 radical (unpaired) electrons. The lowest BCUT2D eigenvalue weighted by Gasteiger charge is -2.11. The highest BCUT2D eigenvalue weighted by Crippen LogP contribution is 2.22. The van der Waals surface area contributed by atoms with Crippen LogP contribution in [0.25, 0.3) is 0 Å². The van der Waals surface area contributed by atoms with Crippen molar-refractivity contribution < 1.29 is 13.2 Å². The fourth-order valence-electron chi connectivity index (χ4n) is 2.08. The van der Waals surface area contributed by atoms with E-state index in [0.29, 0.717) is 24.6 Å². The molecule has 25 heavy (non-hydrogen) atoms. The highest BCUT2D eigenvalue weighted by Gasteiger charge is 2.14. The van der Waals surface area contributed by atoms with Crippen LogP contribution in [-0.2, 0) is 16.6 Å². The average molecular weight is 423 g/mol. The summed E-state index contributed by atoms with van der Waals surface area (Å²) in [5, 5.41) is 3.98. The summed E-state index contributed by atoms with van der Waals surface area (Å²) < 4.78 is 35.5.